The lowest BCUT2D eigenvalue weighted by Gasteiger charge is -2.39. The van der Waals surface area contributed by atoms with E-state index < -0.39 is 12.0 Å². The van der Waals surface area contributed by atoms with Crippen LogP contribution in [0.15, 0.2) is 36.8 Å². The summed E-state index contributed by atoms with van der Waals surface area (Å²) in [4.78, 5) is 13.1. The van der Waals surface area contributed by atoms with Crippen LogP contribution in [-0.2, 0) is 19.0 Å². The van der Waals surface area contributed by atoms with E-state index in [9.17, 15) is 4.79 Å². The van der Waals surface area contributed by atoms with Crippen molar-refractivity contribution in [1.82, 2.24) is 0 Å². The van der Waals surface area contributed by atoms with Crippen LogP contribution in [0.5, 0.6) is 28.7 Å². The van der Waals surface area contributed by atoms with Crippen LogP contribution in [0.25, 0.3) is 0 Å². The molecule has 0 amide bonds. The number of hydrogen-bond donors (Lipinski definition) is 0. The quantitative estimate of drug-likeness (QED) is 0.445. The molecular formula is C25H26O9. The van der Waals surface area contributed by atoms with Gasteiger partial charge >= 0.3 is 5.97 Å². The predicted molar refractivity (Wildman–Crippen MR) is 118 cm³/mol. The van der Waals surface area contributed by atoms with Gasteiger partial charge in [-0.25, -0.2) is 0 Å². The van der Waals surface area contributed by atoms with Gasteiger partial charge in [0.2, 0.25) is 12.5 Å². The molecule has 9 heteroatoms. The van der Waals surface area contributed by atoms with E-state index >= 15 is 0 Å². The zero-order chi connectivity index (χ0) is 24.0. The summed E-state index contributed by atoms with van der Waals surface area (Å²) in [7, 11) is 6.14. The molecule has 2 aromatic rings. The summed E-state index contributed by atoms with van der Waals surface area (Å²) >= 11 is 0. The molecule has 5 rings (SSSR count). The van der Waals surface area contributed by atoms with Gasteiger partial charge in [-0.3, -0.25) is 4.79 Å². The van der Waals surface area contributed by atoms with Gasteiger partial charge in [0.1, 0.15) is 6.10 Å². The number of cyclic esters (lactones) is 1. The Morgan fingerprint density at radius 3 is 2.15 bits per heavy atom. The average Bonchev–Trinajstić information content (AvgIpc) is 3.48. The molecule has 0 aromatic heterocycles. The highest BCUT2D eigenvalue weighted by atomic mass is 16.7. The summed E-state index contributed by atoms with van der Waals surface area (Å²) in [5.41, 5.74) is 2.51. The Balaban J connectivity index is 1.73. The van der Waals surface area contributed by atoms with Gasteiger partial charge in [-0.15, -0.1) is 0 Å². The van der Waals surface area contributed by atoms with Crippen LogP contribution in [0.2, 0.25) is 0 Å². The number of fused-ring (bicyclic) bond motifs is 3. The molecule has 1 aliphatic carbocycles. The SMILES string of the molecule is C=C(OC)O[C@H]1c2cc3c(cc2C(c2cc(OC)c(OC)c(OC)c2)[C@@H]2C(=O)OCC21)OCO3. The Labute approximate surface area is 197 Å². The maximum absolute atomic E-state index is 13.1. The first-order valence-electron chi connectivity index (χ1n) is 10.8. The minimum Gasteiger partial charge on any atom is -0.493 e. The summed E-state index contributed by atoms with van der Waals surface area (Å²) in [5, 5.41) is 0. The van der Waals surface area contributed by atoms with Gasteiger partial charge in [0, 0.05) is 17.4 Å². The zero-order valence-corrected chi connectivity index (χ0v) is 19.4. The highest BCUT2D eigenvalue weighted by molar-refractivity contribution is 5.79. The van der Waals surface area contributed by atoms with E-state index in [0.29, 0.717) is 28.7 Å². The van der Waals surface area contributed by atoms with Gasteiger partial charge in [0.05, 0.1) is 41.0 Å². The van der Waals surface area contributed by atoms with Crippen molar-refractivity contribution in [3.8, 4) is 28.7 Å². The highest BCUT2D eigenvalue weighted by Gasteiger charge is 2.54. The van der Waals surface area contributed by atoms with E-state index in [1.54, 1.807) is 21.3 Å². The van der Waals surface area contributed by atoms with Crippen molar-refractivity contribution >= 4 is 5.97 Å². The van der Waals surface area contributed by atoms with Gasteiger partial charge in [0.15, 0.2) is 23.0 Å². The summed E-state index contributed by atoms with van der Waals surface area (Å²) < 4.78 is 44.8. The normalized spacial score (nSPS) is 23.9. The third-order valence-electron chi connectivity index (χ3n) is 6.65. The molecule has 0 radical (unpaired) electrons. The van der Waals surface area contributed by atoms with Gasteiger partial charge < -0.3 is 37.9 Å². The van der Waals surface area contributed by atoms with Crippen LogP contribution < -0.4 is 23.7 Å². The van der Waals surface area contributed by atoms with Crippen LogP contribution in [0.3, 0.4) is 0 Å². The monoisotopic (exact) mass is 470 g/mol. The van der Waals surface area contributed by atoms with E-state index in [2.05, 4.69) is 6.58 Å². The fourth-order valence-electron chi connectivity index (χ4n) is 5.13. The smallest absolute Gasteiger partial charge is 0.310 e. The number of carbonyl (C=O) groups excluding carboxylic acids is 1. The van der Waals surface area contributed by atoms with Crippen LogP contribution in [0.1, 0.15) is 28.7 Å². The van der Waals surface area contributed by atoms with Gasteiger partial charge in [-0.2, -0.15) is 0 Å². The molecule has 3 aliphatic rings. The maximum Gasteiger partial charge on any atom is 0.310 e. The van der Waals surface area contributed by atoms with Crippen molar-refractivity contribution in [2.75, 3.05) is 41.8 Å². The van der Waals surface area contributed by atoms with Gasteiger partial charge in [0.25, 0.3) is 5.95 Å². The fourth-order valence-corrected chi connectivity index (χ4v) is 5.13. The number of benzene rings is 2. The highest BCUT2D eigenvalue weighted by Crippen LogP contribution is 2.56. The number of carbonyl (C=O) groups is 1. The van der Waals surface area contributed by atoms with Gasteiger partial charge in [-0.1, -0.05) is 0 Å². The van der Waals surface area contributed by atoms with Crippen LogP contribution in [-0.4, -0.2) is 47.8 Å². The summed E-state index contributed by atoms with van der Waals surface area (Å²) in [6.07, 6.45) is -0.522. The Kier molecular flexibility index (Phi) is 5.55. The topological polar surface area (TPSA) is 90.9 Å². The molecule has 34 heavy (non-hydrogen) atoms. The second-order valence-electron chi connectivity index (χ2n) is 8.20. The summed E-state index contributed by atoms with van der Waals surface area (Å²) in [5.74, 6) is 1.34. The Hall–Kier alpha value is -3.75. The zero-order valence-electron chi connectivity index (χ0n) is 19.4. The van der Waals surface area contributed by atoms with Crippen molar-refractivity contribution in [2.45, 2.75) is 12.0 Å². The molecule has 2 aromatic carbocycles. The van der Waals surface area contributed by atoms with Crippen molar-refractivity contribution in [3.63, 3.8) is 0 Å². The lowest BCUT2D eigenvalue weighted by atomic mass is 9.66. The lowest BCUT2D eigenvalue weighted by molar-refractivity contribution is -0.141. The van der Waals surface area contributed by atoms with E-state index in [1.165, 1.54) is 7.11 Å². The Morgan fingerprint density at radius 1 is 0.912 bits per heavy atom. The molecule has 0 bridgehead atoms. The van der Waals surface area contributed by atoms with Crippen molar-refractivity contribution in [2.24, 2.45) is 11.8 Å². The lowest BCUT2D eigenvalue weighted by Crippen LogP contribution is -2.35. The van der Waals surface area contributed by atoms with Crippen LogP contribution >= 0.6 is 0 Å². The molecule has 0 N–H and O–H groups in total. The number of methoxy groups -OCH3 is 4. The molecule has 9 nitrogen and oxygen atoms in total. The number of esters is 1. The molecule has 0 saturated carbocycles. The average molecular weight is 470 g/mol. The first-order valence-corrected chi connectivity index (χ1v) is 10.8. The summed E-state index contributed by atoms with van der Waals surface area (Å²) in [6.45, 7) is 4.15. The van der Waals surface area contributed by atoms with E-state index in [1.807, 2.05) is 24.3 Å². The van der Waals surface area contributed by atoms with Crippen LogP contribution in [0.4, 0.5) is 0 Å². The second-order valence-corrected chi connectivity index (χ2v) is 8.20. The van der Waals surface area contributed by atoms with Crippen molar-refractivity contribution in [1.29, 1.82) is 0 Å². The fraction of sp³-hybridized carbons (Fsp3) is 0.400. The molecule has 0 spiro atoms. The van der Waals surface area contributed by atoms with Crippen molar-refractivity contribution < 1.29 is 42.7 Å². The first kappa shape index (κ1) is 22.1. The van der Waals surface area contributed by atoms with E-state index in [0.717, 1.165) is 16.7 Å². The summed E-state index contributed by atoms with van der Waals surface area (Å²) in [6, 6.07) is 7.52. The molecule has 2 aliphatic heterocycles. The Bertz CT molecular complexity index is 1120. The second kappa shape index (κ2) is 8.55. The third kappa shape index (κ3) is 3.34. The first-order chi connectivity index (χ1) is 16.5. The molecule has 1 fully saturated rings. The molecule has 2 unspecified atom stereocenters. The molecular weight excluding hydrogens is 444 g/mol. The van der Waals surface area contributed by atoms with Gasteiger partial charge in [-0.05, 0) is 42.0 Å². The predicted octanol–water partition coefficient (Wildman–Crippen LogP) is 3.55. The standard InChI is InChI=1S/C25H26O9/c1-12(27-2)34-23-15-9-18-17(32-11-33-18)8-14(15)21(22-16(23)10-31-25(22)26)13-6-19(28-3)24(30-5)20(7-13)29-4/h6-9,16,21-23H,1,10-11H2,2-5H3/t16?,21?,22-,23+/m1/s1. The number of ether oxygens (including phenoxy) is 8. The minimum atomic E-state index is -0.523. The molecule has 4 atom stereocenters. The molecule has 2 heterocycles. The maximum atomic E-state index is 13.1. The third-order valence-corrected chi connectivity index (χ3v) is 6.65. The minimum absolute atomic E-state index is 0.123. The van der Waals surface area contributed by atoms with Crippen LogP contribution in [0, 0.1) is 11.8 Å². The Morgan fingerprint density at radius 2 is 1.56 bits per heavy atom. The number of rotatable bonds is 7. The largest absolute Gasteiger partial charge is 0.493 e. The van der Waals surface area contributed by atoms with Crippen molar-refractivity contribution in [3.05, 3.63) is 53.5 Å². The van der Waals surface area contributed by atoms with E-state index in [-0.39, 0.29) is 37.2 Å². The molecule has 1 saturated heterocycles. The number of hydrogen-bond acceptors (Lipinski definition) is 9. The molecule has 180 valence electrons. The van der Waals surface area contributed by atoms with E-state index in [4.69, 9.17) is 37.9 Å².